The number of hydrogen-bond acceptors (Lipinski definition) is 4. The molecule has 6 heteroatoms. The van der Waals surface area contributed by atoms with E-state index in [0.717, 1.165) is 27.0 Å². The van der Waals surface area contributed by atoms with E-state index in [1.165, 1.54) is 10.8 Å². The fourth-order valence-electron chi connectivity index (χ4n) is 3.24. The Morgan fingerprint density at radius 3 is 2.56 bits per heavy atom. The number of carbonyl (C=O) groups excluding carboxylic acids is 1. The molecule has 0 atom stereocenters. The molecule has 5 nitrogen and oxygen atoms in total. The number of anilines is 1. The number of amides is 1. The molecular weight excluding hydrogens is 466 g/mol. The first kappa shape index (κ1) is 21.6. The normalized spacial score (nSPS) is 10.9. The Balaban J connectivity index is 1.31. The van der Waals surface area contributed by atoms with E-state index in [2.05, 4.69) is 56.0 Å². The van der Waals surface area contributed by atoms with E-state index in [9.17, 15) is 4.79 Å². The Hall–Kier alpha value is -3.64. The quantitative estimate of drug-likeness (QED) is 0.246. The predicted octanol–water partition coefficient (Wildman–Crippen LogP) is 5.74. The van der Waals surface area contributed by atoms with Gasteiger partial charge in [0.2, 0.25) is 0 Å². The largest absolute Gasteiger partial charge is 0.488 e. The Morgan fingerprint density at radius 1 is 0.938 bits per heavy atom. The van der Waals surface area contributed by atoms with Gasteiger partial charge in [0.15, 0.2) is 0 Å². The third kappa shape index (κ3) is 5.74. The third-order valence-electron chi connectivity index (χ3n) is 4.85. The van der Waals surface area contributed by atoms with Gasteiger partial charge in [-0.15, -0.1) is 0 Å². The molecule has 0 aromatic heterocycles. The second-order valence-corrected chi connectivity index (χ2v) is 7.98. The lowest BCUT2D eigenvalue weighted by Crippen LogP contribution is -2.25. The van der Waals surface area contributed by atoms with Crippen LogP contribution in [0, 0.1) is 0 Å². The molecule has 0 spiro atoms. The minimum Gasteiger partial charge on any atom is -0.488 e. The van der Waals surface area contributed by atoms with Crippen LogP contribution < -0.4 is 15.5 Å². The molecule has 0 saturated heterocycles. The molecule has 0 bridgehead atoms. The summed E-state index contributed by atoms with van der Waals surface area (Å²) in [7, 11) is 0. The van der Waals surface area contributed by atoms with Crippen molar-refractivity contribution in [3.8, 4) is 5.75 Å². The van der Waals surface area contributed by atoms with Crippen LogP contribution in [0.2, 0.25) is 0 Å². The zero-order chi connectivity index (χ0) is 22.2. The molecule has 0 radical (unpaired) electrons. The highest BCUT2D eigenvalue weighted by Crippen LogP contribution is 2.27. The lowest BCUT2D eigenvalue weighted by atomic mass is 10.1. The Bertz CT molecular complexity index is 1240. The summed E-state index contributed by atoms with van der Waals surface area (Å²) in [5, 5.41) is 9.45. The predicted molar refractivity (Wildman–Crippen MR) is 133 cm³/mol. The zero-order valence-electron chi connectivity index (χ0n) is 17.3. The van der Waals surface area contributed by atoms with Gasteiger partial charge in [-0.05, 0) is 68.2 Å². The number of nitrogens with one attached hydrogen (secondary N) is 2. The third-order valence-corrected chi connectivity index (χ3v) is 5.47. The number of hydrazone groups is 1. The SMILES string of the molecule is O=C(CNc1ccccc1)N/N=C\c1ccc(OCc2cccc3ccccc23)c(Br)c1. The smallest absolute Gasteiger partial charge is 0.259 e. The summed E-state index contributed by atoms with van der Waals surface area (Å²) in [5.41, 5.74) is 5.38. The van der Waals surface area contributed by atoms with Gasteiger partial charge in [-0.1, -0.05) is 60.7 Å². The van der Waals surface area contributed by atoms with Crippen molar-refractivity contribution in [2.75, 3.05) is 11.9 Å². The number of carbonyl (C=O) groups is 1. The minimum atomic E-state index is -0.223. The summed E-state index contributed by atoms with van der Waals surface area (Å²) in [5.74, 6) is 0.519. The molecule has 0 heterocycles. The summed E-state index contributed by atoms with van der Waals surface area (Å²) < 4.78 is 6.85. The minimum absolute atomic E-state index is 0.145. The Labute approximate surface area is 195 Å². The molecule has 0 unspecified atom stereocenters. The molecular formula is C26H22BrN3O2. The van der Waals surface area contributed by atoms with Crippen molar-refractivity contribution in [1.82, 2.24) is 5.43 Å². The van der Waals surface area contributed by atoms with Crippen molar-refractivity contribution in [3.05, 3.63) is 107 Å². The van der Waals surface area contributed by atoms with Crippen LogP contribution in [0.25, 0.3) is 10.8 Å². The highest BCUT2D eigenvalue weighted by Gasteiger charge is 2.05. The van der Waals surface area contributed by atoms with Crippen molar-refractivity contribution in [2.24, 2.45) is 5.10 Å². The van der Waals surface area contributed by atoms with Crippen molar-refractivity contribution < 1.29 is 9.53 Å². The fourth-order valence-corrected chi connectivity index (χ4v) is 3.76. The van der Waals surface area contributed by atoms with Crippen LogP contribution in [0.4, 0.5) is 5.69 Å². The van der Waals surface area contributed by atoms with E-state index in [1.54, 1.807) is 6.21 Å². The molecule has 2 N–H and O–H groups in total. The molecule has 160 valence electrons. The second kappa shape index (κ2) is 10.6. The van der Waals surface area contributed by atoms with E-state index < -0.39 is 0 Å². The average Bonchev–Trinajstić information content (AvgIpc) is 2.83. The monoisotopic (exact) mass is 487 g/mol. The van der Waals surface area contributed by atoms with Gasteiger partial charge in [0.25, 0.3) is 5.91 Å². The fraction of sp³-hybridized carbons (Fsp3) is 0.0769. The van der Waals surface area contributed by atoms with Gasteiger partial charge in [0.1, 0.15) is 12.4 Å². The lowest BCUT2D eigenvalue weighted by Gasteiger charge is -2.11. The number of fused-ring (bicyclic) bond motifs is 1. The van der Waals surface area contributed by atoms with Gasteiger partial charge >= 0.3 is 0 Å². The summed E-state index contributed by atoms with van der Waals surface area (Å²) >= 11 is 3.56. The topological polar surface area (TPSA) is 62.7 Å². The van der Waals surface area contributed by atoms with E-state index in [-0.39, 0.29) is 12.5 Å². The van der Waals surface area contributed by atoms with Crippen molar-refractivity contribution >= 4 is 44.5 Å². The van der Waals surface area contributed by atoms with Gasteiger partial charge in [-0.2, -0.15) is 5.10 Å². The van der Waals surface area contributed by atoms with E-state index in [0.29, 0.717) is 6.61 Å². The van der Waals surface area contributed by atoms with Crippen LogP contribution in [-0.4, -0.2) is 18.7 Å². The van der Waals surface area contributed by atoms with Crippen molar-refractivity contribution in [2.45, 2.75) is 6.61 Å². The molecule has 1 amide bonds. The van der Waals surface area contributed by atoms with Crippen molar-refractivity contribution in [3.63, 3.8) is 0 Å². The number of rotatable bonds is 8. The van der Waals surface area contributed by atoms with Gasteiger partial charge in [0.05, 0.1) is 17.2 Å². The molecule has 0 aliphatic heterocycles. The first-order valence-corrected chi connectivity index (χ1v) is 11.0. The number of para-hydroxylation sites is 1. The number of benzene rings is 4. The average molecular weight is 488 g/mol. The molecule has 4 aromatic carbocycles. The summed E-state index contributed by atoms with van der Waals surface area (Å²) in [6.07, 6.45) is 1.60. The lowest BCUT2D eigenvalue weighted by molar-refractivity contribution is -0.119. The van der Waals surface area contributed by atoms with Crippen LogP contribution in [0.1, 0.15) is 11.1 Å². The summed E-state index contributed by atoms with van der Waals surface area (Å²) in [4.78, 5) is 11.9. The van der Waals surface area contributed by atoms with E-state index in [1.807, 2.05) is 66.7 Å². The van der Waals surface area contributed by atoms with Crippen LogP contribution in [0.15, 0.2) is 101 Å². The second-order valence-electron chi connectivity index (χ2n) is 7.13. The molecule has 32 heavy (non-hydrogen) atoms. The maximum absolute atomic E-state index is 11.9. The van der Waals surface area contributed by atoms with Crippen molar-refractivity contribution in [1.29, 1.82) is 0 Å². The molecule has 0 saturated carbocycles. The Kier molecular flexibility index (Phi) is 7.15. The number of hydrogen-bond donors (Lipinski definition) is 2. The maximum Gasteiger partial charge on any atom is 0.259 e. The molecule has 0 fully saturated rings. The summed E-state index contributed by atoms with van der Waals surface area (Å²) in [6, 6.07) is 29.7. The van der Waals surface area contributed by atoms with Crippen LogP contribution in [0.3, 0.4) is 0 Å². The molecule has 4 rings (SSSR count). The van der Waals surface area contributed by atoms with E-state index >= 15 is 0 Å². The molecule has 0 aliphatic carbocycles. The molecule has 0 aliphatic rings. The van der Waals surface area contributed by atoms with Gasteiger partial charge in [-0.3, -0.25) is 4.79 Å². The highest BCUT2D eigenvalue weighted by atomic mass is 79.9. The first-order chi connectivity index (χ1) is 15.7. The number of halogens is 1. The zero-order valence-corrected chi connectivity index (χ0v) is 18.9. The number of nitrogens with zero attached hydrogens (tertiary/aromatic N) is 1. The highest BCUT2D eigenvalue weighted by molar-refractivity contribution is 9.10. The van der Waals surface area contributed by atoms with Crippen LogP contribution >= 0.6 is 15.9 Å². The standard InChI is InChI=1S/C26H22BrN3O2/c27-24-15-19(16-29-30-26(31)17-28-22-10-2-1-3-11-22)13-14-25(24)32-18-21-9-6-8-20-7-4-5-12-23(20)21/h1-16,28H,17-18H2,(H,30,31)/b29-16-. The van der Waals surface area contributed by atoms with Gasteiger partial charge in [-0.25, -0.2) is 5.43 Å². The van der Waals surface area contributed by atoms with Gasteiger partial charge in [0, 0.05) is 5.69 Å². The first-order valence-electron chi connectivity index (χ1n) is 10.2. The number of ether oxygens (including phenoxy) is 1. The maximum atomic E-state index is 11.9. The molecule has 4 aromatic rings. The van der Waals surface area contributed by atoms with E-state index in [4.69, 9.17) is 4.74 Å². The van der Waals surface area contributed by atoms with Gasteiger partial charge < -0.3 is 10.1 Å². The summed E-state index contributed by atoms with van der Waals surface area (Å²) in [6.45, 7) is 0.615. The Morgan fingerprint density at radius 2 is 1.72 bits per heavy atom. The van der Waals surface area contributed by atoms with Crippen LogP contribution in [-0.2, 0) is 11.4 Å². The van der Waals surface area contributed by atoms with Crippen LogP contribution in [0.5, 0.6) is 5.75 Å².